The van der Waals surface area contributed by atoms with E-state index in [2.05, 4.69) is 17.6 Å². The second-order valence-corrected chi connectivity index (χ2v) is 6.00. The molecule has 0 saturated carbocycles. The average Bonchev–Trinajstić information content (AvgIpc) is 2.64. The molecule has 138 valence electrons. The minimum Gasteiger partial charge on any atom is -0.494 e. The van der Waals surface area contributed by atoms with Crippen molar-refractivity contribution in [1.82, 2.24) is 5.32 Å². The average molecular weight is 372 g/mol. The van der Waals surface area contributed by atoms with Crippen LogP contribution in [0.1, 0.15) is 37.0 Å². The Bertz CT molecular complexity index is 732. The zero-order valence-electron chi connectivity index (χ0n) is 15.1. The summed E-state index contributed by atoms with van der Waals surface area (Å²) in [6.45, 7) is 5.27. The van der Waals surface area contributed by atoms with E-state index in [4.69, 9.17) is 21.7 Å². The number of hydrogen-bond donors (Lipinski definition) is 2. The standard InChI is InChI=1S/C20H24N2O3S/c1-3-5-13-25-17-11-9-16(10-12-17)21-20(26)22-19(23)15-7-6-8-18(14-15)24-4-2/h6-12,14H,3-5,13H2,1-2H3,(H2,21,22,23,26). The van der Waals surface area contributed by atoms with Gasteiger partial charge >= 0.3 is 0 Å². The number of thiocarbonyl (C=S) groups is 1. The highest BCUT2D eigenvalue weighted by molar-refractivity contribution is 7.80. The second-order valence-electron chi connectivity index (χ2n) is 5.60. The number of unbranched alkanes of at least 4 members (excludes halogenated alkanes) is 1. The lowest BCUT2D eigenvalue weighted by molar-refractivity contribution is 0.0977. The largest absolute Gasteiger partial charge is 0.494 e. The molecule has 0 aliphatic carbocycles. The van der Waals surface area contributed by atoms with E-state index in [0.717, 1.165) is 24.3 Å². The molecule has 5 nitrogen and oxygen atoms in total. The van der Waals surface area contributed by atoms with E-state index < -0.39 is 0 Å². The zero-order chi connectivity index (χ0) is 18.8. The van der Waals surface area contributed by atoms with E-state index in [0.29, 0.717) is 24.5 Å². The maximum Gasteiger partial charge on any atom is 0.257 e. The zero-order valence-corrected chi connectivity index (χ0v) is 15.9. The van der Waals surface area contributed by atoms with Crippen LogP contribution >= 0.6 is 12.2 Å². The molecule has 0 aromatic heterocycles. The third kappa shape index (κ3) is 6.37. The van der Waals surface area contributed by atoms with Crippen molar-refractivity contribution in [2.45, 2.75) is 26.7 Å². The Kier molecular flexibility index (Phi) is 7.89. The van der Waals surface area contributed by atoms with Gasteiger partial charge in [0.2, 0.25) is 0 Å². The summed E-state index contributed by atoms with van der Waals surface area (Å²) in [5.74, 6) is 1.17. The number of nitrogens with one attached hydrogen (secondary N) is 2. The van der Waals surface area contributed by atoms with Crippen LogP contribution < -0.4 is 20.1 Å². The molecule has 2 aromatic carbocycles. The van der Waals surface area contributed by atoms with Gasteiger partial charge in [0.15, 0.2) is 5.11 Å². The predicted molar refractivity (Wildman–Crippen MR) is 108 cm³/mol. The first kappa shape index (κ1) is 19.7. The highest BCUT2D eigenvalue weighted by atomic mass is 32.1. The highest BCUT2D eigenvalue weighted by Gasteiger charge is 2.09. The minimum absolute atomic E-state index is 0.233. The number of anilines is 1. The number of amides is 1. The van der Waals surface area contributed by atoms with Crippen LogP contribution in [0.4, 0.5) is 5.69 Å². The smallest absolute Gasteiger partial charge is 0.257 e. The molecule has 0 fully saturated rings. The van der Waals surface area contributed by atoms with E-state index in [9.17, 15) is 4.79 Å². The number of benzene rings is 2. The van der Waals surface area contributed by atoms with Gasteiger partial charge in [0.1, 0.15) is 11.5 Å². The fourth-order valence-electron chi connectivity index (χ4n) is 2.20. The summed E-state index contributed by atoms with van der Waals surface area (Å²) >= 11 is 5.21. The molecule has 2 rings (SSSR count). The molecule has 6 heteroatoms. The number of carbonyl (C=O) groups is 1. The van der Waals surface area contributed by atoms with Crippen molar-refractivity contribution >= 4 is 28.9 Å². The lowest BCUT2D eigenvalue weighted by atomic mass is 10.2. The Hall–Kier alpha value is -2.60. The first-order valence-corrected chi connectivity index (χ1v) is 9.11. The van der Waals surface area contributed by atoms with Gasteiger partial charge in [-0.3, -0.25) is 10.1 Å². The van der Waals surface area contributed by atoms with E-state index in [1.165, 1.54) is 0 Å². The topological polar surface area (TPSA) is 59.6 Å². The molecule has 2 aromatic rings. The molecule has 0 saturated heterocycles. The molecule has 2 N–H and O–H groups in total. The Morgan fingerprint density at radius 1 is 1.04 bits per heavy atom. The predicted octanol–water partition coefficient (Wildman–Crippen LogP) is 4.39. The van der Waals surface area contributed by atoms with Crippen LogP contribution in [-0.4, -0.2) is 24.2 Å². The first-order valence-electron chi connectivity index (χ1n) is 8.70. The SMILES string of the molecule is CCCCOc1ccc(NC(=S)NC(=O)c2cccc(OCC)c2)cc1. The Morgan fingerprint density at radius 3 is 2.50 bits per heavy atom. The molecule has 0 atom stereocenters. The van der Waals surface area contributed by atoms with E-state index in [1.54, 1.807) is 24.3 Å². The minimum atomic E-state index is -0.288. The third-order valence-electron chi connectivity index (χ3n) is 3.51. The molecular formula is C20H24N2O3S. The summed E-state index contributed by atoms with van der Waals surface area (Å²) in [7, 11) is 0. The lowest BCUT2D eigenvalue weighted by Crippen LogP contribution is -2.34. The number of rotatable bonds is 8. The Balaban J connectivity index is 1.87. The number of hydrogen-bond acceptors (Lipinski definition) is 4. The number of carbonyl (C=O) groups excluding carboxylic acids is 1. The van der Waals surface area contributed by atoms with Gasteiger partial charge in [-0.2, -0.15) is 0 Å². The van der Waals surface area contributed by atoms with Crippen molar-refractivity contribution in [3.63, 3.8) is 0 Å². The summed E-state index contributed by atoms with van der Waals surface area (Å²) in [4.78, 5) is 12.3. The van der Waals surface area contributed by atoms with E-state index >= 15 is 0 Å². The summed E-state index contributed by atoms with van der Waals surface area (Å²) in [5, 5.41) is 5.89. The molecule has 0 aliphatic rings. The van der Waals surface area contributed by atoms with Gasteiger partial charge in [-0.05, 0) is 68.0 Å². The van der Waals surface area contributed by atoms with Crippen LogP contribution in [0.5, 0.6) is 11.5 Å². The van der Waals surface area contributed by atoms with Crippen molar-refractivity contribution in [2.24, 2.45) is 0 Å². The first-order chi connectivity index (χ1) is 12.6. The highest BCUT2D eigenvalue weighted by Crippen LogP contribution is 2.16. The third-order valence-corrected chi connectivity index (χ3v) is 3.72. The Labute approximate surface area is 159 Å². The summed E-state index contributed by atoms with van der Waals surface area (Å²) in [6, 6.07) is 14.4. The molecule has 26 heavy (non-hydrogen) atoms. The fourth-order valence-corrected chi connectivity index (χ4v) is 2.41. The maximum atomic E-state index is 12.3. The van der Waals surface area contributed by atoms with Crippen molar-refractivity contribution in [3.05, 3.63) is 54.1 Å². The quantitative estimate of drug-likeness (QED) is 0.532. The summed E-state index contributed by atoms with van der Waals surface area (Å²) in [5.41, 5.74) is 1.26. The molecule has 0 spiro atoms. The molecule has 0 unspecified atom stereocenters. The van der Waals surface area contributed by atoms with Gasteiger partial charge in [0.25, 0.3) is 5.91 Å². The van der Waals surface area contributed by atoms with Crippen molar-refractivity contribution in [3.8, 4) is 11.5 Å². The van der Waals surface area contributed by atoms with Crippen LogP contribution in [0.25, 0.3) is 0 Å². The maximum absolute atomic E-state index is 12.3. The summed E-state index contributed by atoms with van der Waals surface area (Å²) < 4.78 is 11.0. The van der Waals surface area contributed by atoms with Gasteiger partial charge < -0.3 is 14.8 Å². The van der Waals surface area contributed by atoms with Gasteiger partial charge in [-0.15, -0.1) is 0 Å². The van der Waals surface area contributed by atoms with Crippen molar-refractivity contribution in [1.29, 1.82) is 0 Å². The lowest BCUT2D eigenvalue weighted by Gasteiger charge is -2.11. The van der Waals surface area contributed by atoms with Gasteiger partial charge in [0, 0.05) is 11.3 Å². The molecule has 0 heterocycles. The Morgan fingerprint density at radius 2 is 1.81 bits per heavy atom. The molecular weight excluding hydrogens is 348 g/mol. The van der Waals surface area contributed by atoms with Crippen LogP contribution in [0.2, 0.25) is 0 Å². The number of ether oxygens (including phenoxy) is 2. The van der Waals surface area contributed by atoms with Crippen LogP contribution in [0.15, 0.2) is 48.5 Å². The van der Waals surface area contributed by atoms with Gasteiger partial charge in [-0.1, -0.05) is 19.4 Å². The van der Waals surface area contributed by atoms with Crippen LogP contribution in [-0.2, 0) is 0 Å². The molecule has 1 amide bonds. The van der Waals surface area contributed by atoms with E-state index in [-0.39, 0.29) is 11.0 Å². The normalized spacial score (nSPS) is 10.1. The fraction of sp³-hybridized carbons (Fsp3) is 0.300. The van der Waals surface area contributed by atoms with Crippen molar-refractivity contribution < 1.29 is 14.3 Å². The van der Waals surface area contributed by atoms with Gasteiger partial charge in [-0.25, -0.2) is 0 Å². The monoisotopic (exact) mass is 372 g/mol. The van der Waals surface area contributed by atoms with Crippen molar-refractivity contribution in [2.75, 3.05) is 18.5 Å². The van der Waals surface area contributed by atoms with Crippen LogP contribution in [0, 0.1) is 0 Å². The molecule has 0 radical (unpaired) electrons. The second kappa shape index (κ2) is 10.4. The van der Waals surface area contributed by atoms with Crippen LogP contribution in [0.3, 0.4) is 0 Å². The van der Waals surface area contributed by atoms with Gasteiger partial charge in [0.05, 0.1) is 13.2 Å². The summed E-state index contributed by atoms with van der Waals surface area (Å²) in [6.07, 6.45) is 2.13. The molecule has 0 aliphatic heterocycles. The molecule has 0 bridgehead atoms. The van der Waals surface area contributed by atoms with E-state index in [1.807, 2.05) is 31.2 Å².